The van der Waals surface area contributed by atoms with E-state index in [9.17, 15) is 0 Å². The summed E-state index contributed by atoms with van der Waals surface area (Å²) in [5, 5.41) is 8.86. The van der Waals surface area contributed by atoms with E-state index in [1.54, 1.807) is 0 Å². The lowest BCUT2D eigenvalue weighted by Gasteiger charge is -2.39. The highest BCUT2D eigenvalue weighted by molar-refractivity contribution is 4.91. The van der Waals surface area contributed by atoms with Crippen molar-refractivity contribution in [1.29, 1.82) is 0 Å². The molecule has 0 heterocycles. The maximum absolute atomic E-state index is 8.86. The first-order valence-electron chi connectivity index (χ1n) is 4.97. The molecule has 3 unspecified atom stereocenters. The molecule has 1 aliphatic carbocycles. The van der Waals surface area contributed by atoms with E-state index in [1.807, 2.05) is 0 Å². The number of hydrogen-bond acceptors (Lipinski definition) is 2. The Morgan fingerprint density at radius 3 is 2.58 bits per heavy atom. The molecule has 1 aliphatic rings. The highest BCUT2D eigenvalue weighted by Gasteiger charge is 2.33. The van der Waals surface area contributed by atoms with Crippen LogP contribution in [-0.2, 0) is 0 Å². The average molecular weight is 171 g/mol. The molecule has 3 atom stereocenters. The summed E-state index contributed by atoms with van der Waals surface area (Å²) in [5.74, 6) is 1.52. The molecule has 1 rings (SSSR count). The van der Waals surface area contributed by atoms with Gasteiger partial charge in [-0.3, -0.25) is 0 Å². The van der Waals surface area contributed by atoms with Crippen molar-refractivity contribution in [2.24, 2.45) is 17.6 Å². The van der Waals surface area contributed by atoms with Crippen molar-refractivity contribution < 1.29 is 5.11 Å². The van der Waals surface area contributed by atoms with E-state index in [0.717, 1.165) is 31.1 Å². The first-order chi connectivity index (χ1) is 5.57. The van der Waals surface area contributed by atoms with Crippen LogP contribution in [0.2, 0.25) is 0 Å². The third kappa shape index (κ3) is 2.20. The van der Waals surface area contributed by atoms with E-state index in [2.05, 4.69) is 13.8 Å². The average Bonchev–Trinajstić information content (AvgIpc) is 1.98. The molecule has 2 heteroatoms. The third-order valence-electron chi connectivity index (χ3n) is 3.41. The van der Waals surface area contributed by atoms with Crippen molar-refractivity contribution in [3.63, 3.8) is 0 Å². The van der Waals surface area contributed by atoms with Crippen molar-refractivity contribution in [3.05, 3.63) is 0 Å². The van der Waals surface area contributed by atoms with Crippen LogP contribution in [-0.4, -0.2) is 17.3 Å². The highest BCUT2D eigenvalue weighted by atomic mass is 16.3. The van der Waals surface area contributed by atoms with Gasteiger partial charge in [-0.1, -0.05) is 13.8 Å². The second-order valence-corrected chi connectivity index (χ2v) is 4.53. The Morgan fingerprint density at radius 2 is 2.08 bits per heavy atom. The van der Waals surface area contributed by atoms with Gasteiger partial charge in [0, 0.05) is 12.1 Å². The summed E-state index contributed by atoms with van der Waals surface area (Å²) in [6.07, 6.45) is 4.15. The Labute approximate surface area is 75.2 Å². The Bertz CT molecular complexity index is 149. The van der Waals surface area contributed by atoms with Crippen molar-refractivity contribution in [3.8, 4) is 0 Å². The molecule has 0 saturated heterocycles. The Balaban J connectivity index is 2.48. The summed E-state index contributed by atoms with van der Waals surface area (Å²) in [6, 6.07) is 0. The first-order valence-corrected chi connectivity index (χ1v) is 4.97. The van der Waals surface area contributed by atoms with Crippen molar-refractivity contribution in [1.82, 2.24) is 0 Å². The minimum atomic E-state index is -0.0688. The second-order valence-electron chi connectivity index (χ2n) is 4.53. The smallest absolute Gasteiger partial charge is 0.0448 e. The predicted molar refractivity (Wildman–Crippen MR) is 50.8 cm³/mol. The number of aliphatic hydroxyl groups excluding tert-OH is 1. The zero-order valence-electron chi connectivity index (χ0n) is 8.21. The van der Waals surface area contributed by atoms with Crippen LogP contribution in [0.15, 0.2) is 0 Å². The SMILES string of the molecule is CC1CCC(N)(CCO)CC1C. The quantitative estimate of drug-likeness (QED) is 0.661. The monoisotopic (exact) mass is 171 g/mol. The van der Waals surface area contributed by atoms with Crippen LogP contribution in [0.3, 0.4) is 0 Å². The molecule has 12 heavy (non-hydrogen) atoms. The molecule has 1 saturated carbocycles. The lowest BCUT2D eigenvalue weighted by molar-refractivity contribution is 0.140. The van der Waals surface area contributed by atoms with E-state index in [0.29, 0.717) is 0 Å². The normalized spacial score (nSPS) is 43.0. The van der Waals surface area contributed by atoms with Crippen LogP contribution >= 0.6 is 0 Å². The predicted octanol–water partition coefficient (Wildman–Crippen LogP) is 1.52. The van der Waals surface area contributed by atoms with Crippen LogP contribution in [0.5, 0.6) is 0 Å². The molecule has 72 valence electrons. The van der Waals surface area contributed by atoms with E-state index >= 15 is 0 Å². The molecule has 0 aromatic rings. The van der Waals surface area contributed by atoms with Crippen LogP contribution in [0.1, 0.15) is 39.5 Å². The molecular weight excluding hydrogens is 150 g/mol. The fourth-order valence-corrected chi connectivity index (χ4v) is 2.19. The first kappa shape index (κ1) is 10.0. The Hall–Kier alpha value is -0.0800. The van der Waals surface area contributed by atoms with Gasteiger partial charge in [0.15, 0.2) is 0 Å². The van der Waals surface area contributed by atoms with Gasteiger partial charge in [-0.2, -0.15) is 0 Å². The summed E-state index contributed by atoms with van der Waals surface area (Å²) in [4.78, 5) is 0. The molecule has 0 amide bonds. The van der Waals surface area contributed by atoms with E-state index < -0.39 is 0 Å². The zero-order chi connectivity index (χ0) is 9.19. The molecule has 0 aliphatic heterocycles. The molecule has 0 spiro atoms. The van der Waals surface area contributed by atoms with Crippen LogP contribution in [0.25, 0.3) is 0 Å². The van der Waals surface area contributed by atoms with Gasteiger partial charge in [-0.15, -0.1) is 0 Å². The van der Waals surface area contributed by atoms with Gasteiger partial charge >= 0.3 is 0 Å². The molecule has 0 aromatic carbocycles. The number of aliphatic hydroxyl groups is 1. The maximum atomic E-state index is 8.86. The van der Waals surface area contributed by atoms with Crippen molar-refractivity contribution >= 4 is 0 Å². The topological polar surface area (TPSA) is 46.2 Å². The molecule has 2 nitrogen and oxygen atoms in total. The molecule has 0 radical (unpaired) electrons. The maximum Gasteiger partial charge on any atom is 0.0448 e. The summed E-state index contributed by atoms with van der Waals surface area (Å²) < 4.78 is 0. The van der Waals surface area contributed by atoms with E-state index in [-0.39, 0.29) is 12.1 Å². The fourth-order valence-electron chi connectivity index (χ4n) is 2.19. The van der Waals surface area contributed by atoms with Gasteiger partial charge in [-0.25, -0.2) is 0 Å². The Kier molecular flexibility index (Phi) is 3.13. The third-order valence-corrected chi connectivity index (χ3v) is 3.41. The van der Waals surface area contributed by atoms with Crippen LogP contribution in [0, 0.1) is 11.8 Å². The van der Waals surface area contributed by atoms with Gasteiger partial charge in [-0.05, 0) is 37.5 Å². The van der Waals surface area contributed by atoms with Crippen LogP contribution < -0.4 is 5.73 Å². The summed E-state index contributed by atoms with van der Waals surface area (Å²) in [7, 11) is 0. The standard InChI is InChI=1S/C10H21NO/c1-8-3-4-10(11,5-6-12)7-9(8)2/h8-9,12H,3-7,11H2,1-2H3. The number of hydrogen-bond donors (Lipinski definition) is 2. The lowest BCUT2D eigenvalue weighted by Crippen LogP contribution is -2.46. The van der Waals surface area contributed by atoms with E-state index in [4.69, 9.17) is 10.8 Å². The minimum absolute atomic E-state index is 0.0688. The number of nitrogens with two attached hydrogens (primary N) is 1. The van der Waals surface area contributed by atoms with Crippen molar-refractivity contribution in [2.75, 3.05) is 6.61 Å². The van der Waals surface area contributed by atoms with Gasteiger partial charge in [0.1, 0.15) is 0 Å². The number of rotatable bonds is 2. The van der Waals surface area contributed by atoms with Crippen LogP contribution in [0.4, 0.5) is 0 Å². The Morgan fingerprint density at radius 1 is 1.42 bits per heavy atom. The summed E-state index contributed by atoms with van der Waals surface area (Å²) in [6.45, 7) is 4.80. The molecule has 0 aromatic heterocycles. The highest BCUT2D eigenvalue weighted by Crippen LogP contribution is 2.36. The fraction of sp³-hybridized carbons (Fsp3) is 1.00. The summed E-state index contributed by atoms with van der Waals surface area (Å²) >= 11 is 0. The van der Waals surface area contributed by atoms with Gasteiger partial charge < -0.3 is 10.8 Å². The largest absolute Gasteiger partial charge is 0.396 e. The zero-order valence-corrected chi connectivity index (χ0v) is 8.21. The molecule has 0 bridgehead atoms. The molecular formula is C10H21NO. The lowest BCUT2D eigenvalue weighted by atomic mass is 9.70. The van der Waals surface area contributed by atoms with Gasteiger partial charge in [0.25, 0.3) is 0 Å². The minimum Gasteiger partial charge on any atom is -0.396 e. The van der Waals surface area contributed by atoms with Gasteiger partial charge in [0.05, 0.1) is 0 Å². The van der Waals surface area contributed by atoms with Gasteiger partial charge in [0.2, 0.25) is 0 Å². The molecule has 3 N–H and O–H groups in total. The summed E-state index contributed by atoms with van der Waals surface area (Å²) in [5.41, 5.74) is 6.09. The van der Waals surface area contributed by atoms with E-state index in [1.165, 1.54) is 6.42 Å². The second kappa shape index (κ2) is 3.75. The molecule has 1 fully saturated rings. The van der Waals surface area contributed by atoms with Crippen molar-refractivity contribution in [2.45, 2.75) is 45.1 Å².